The van der Waals surface area contributed by atoms with Gasteiger partial charge in [-0.15, -0.1) is 0 Å². The molecule has 5 nitrogen and oxygen atoms in total. The highest BCUT2D eigenvalue weighted by molar-refractivity contribution is 7.93. The van der Waals surface area contributed by atoms with Gasteiger partial charge in [-0.2, -0.15) is 0 Å². The predicted octanol–water partition coefficient (Wildman–Crippen LogP) is 3.86. The summed E-state index contributed by atoms with van der Waals surface area (Å²) >= 11 is 5.82. The van der Waals surface area contributed by atoms with Crippen LogP contribution in [0.5, 0.6) is 0 Å². The van der Waals surface area contributed by atoms with Crippen LogP contribution >= 0.6 is 11.6 Å². The third kappa shape index (κ3) is 2.31. The van der Waals surface area contributed by atoms with E-state index in [9.17, 15) is 13.2 Å². The van der Waals surface area contributed by atoms with Gasteiger partial charge in [-0.25, -0.2) is 8.42 Å². The number of benzene rings is 3. The second kappa shape index (κ2) is 5.22. The zero-order valence-electron chi connectivity index (χ0n) is 12.2. The molecule has 0 saturated heterocycles. The van der Waals surface area contributed by atoms with Gasteiger partial charge in [0.25, 0.3) is 15.9 Å². The van der Waals surface area contributed by atoms with Crippen molar-refractivity contribution < 1.29 is 13.2 Å². The molecule has 0 fully saturated rings. The van der Waals surface area contributed by atoms with E-state index in [-0.39, 0.29) is 10.8 Å². The Balaban J connectivity index is 1.86. The number of hydrogen-bond donors (Lipinski definition) is 2. The van der Waals surface area contributed by atoms with E-state index < -0.39 is 10.0 Å². The summed E-state index contributed by atoms with van der Waals surface area (Å²) in [5, 5.41) is 4.39. The summed E-state index contributed by atoms with van der Waals surface area (Å²) in [7, 11) is -3.81. The van der Waals surface area contributed by atoms with Crippen molar-refractivity contribution in [1.29, 1.82) is 0 Å². The van der Waals surface area contributed by atoms with Crippen molar-refractivity contribution in [2.24, 2.45) is 0 Å². The second-order valence-corrected chi connectivity index (χ2v) is 7.49. The quantitative estimate of drug-likeness (QED) is 0.746. The number of halogens is 1. The van der Waals surface area contributed by atoms with E-state index in [1.54, 1.807) is 48.5 Å². The first-order valence-corrected chi connectivity index (χ1v) is 8.97. The molecular weight excluding hydrogens is 348 g/mol. The molecule has 0 aromatic heterocycles. The van der Waals surface area contributed by atoms with Crippen LogP contribution in [-0.2, 0) is 10.0 Å². The SMILES string of the molecule is O=C1Nc2ccc(S(=O)(=O)Nc3ccc(Cl)cc3)c3cccc1c23. The first-order chi connectivity index (χ1) is 11.5. The molecule has 0 spiro atoms. The largest absolute Gasteiger partial charge is 0.321 e. The number of sulfonamides is 1. The lowest BCUT2D eigenvalue weighted by Crippen LogP contribution is -2.13. The van der Waals surface area contributed by atoms with Crippen molar-refractivity contribution in [1.82, 2.24) is 0 Å². The van der Waals surface area contributed by atoms with E-state index in [2.05, 4.69) is 10.0 Å². The number of amides is 1. The fourth-order valence-corrected chi connectivity index (χ4v) is 4.21. The molecule has 1 amide bonds. The predicted molar refractivity (Wildman–Crippen MR) is 94.2 cm³/mol. The van der Waals surface area contributed by atoms with Crippen LogP contribution in [-0.4, -0.2) is 14.3 Å². The normalized spacial score (nSPS) is 13.1. The van der Waals surface area contributed by atoms with E-state index >= 15 is 0 Å². The minimum atomic E-state index is -3.81. The molecule has 4 rings (SSSR count). The Bertz CT molecular complexity index is 1090. The summed E-state index contributed by atoms with van der Waals surface area (Å²) in [4.78, 5) is 12.1. The Labute approximate surface area is 143 Å². The van der Waals surface area contributed by atoms with E-state index in [0.717, 1.165) is 0 Å². The smallest absolute Gasteiger partial charge is 0.262 e. The minimum Gasteiger partial charge on any atom is -0.321 e. The Kier molecular flexibility index (Phi) is 3.26. The van der Waals surface area contributed by atoms with Gasteiger partial charge in [-0.3, -0.25) is 9.52 Å². The molecule has 0 aliphatic carbocycles. The topological polar surface area (TPSA) is 75.3 Å². The average Bonchev–Trinajstić information content (AvgIpc) is 2.88. The lowest BCUT2D eigenvalue weighted by Gasteiger charge is -2.11. The summed E-state index contributed by atoms with van der Waals surface area (Å²) in [6.45, 7) is 0. The Hall–Kier alpha value is -2.57. The summed E-state index contributed by atoms with van der Waals surface area (Å²) in [6, 6.07) is 14.5. The van der Waals surface area contributed by atoms with E-state index in [0.29, 0.717) is 32.7 Å². The highest BCUT2D eigenvalue weighted by Crippen LogP contribution is 2.36. The molecule has 0 atom stereocenters. The first kappa shape index (κ1) is 15.0. The van der Waals surface area contributed by atoms with Gasteiger partial charge >= 0.3 is 0 Å². The van der Waals surface area contributed by atoms with Crippen molar-refractivity contribution in [2.75, 3.05) is 10.0 Å². The summed E-state index contributed by atoms with van der Waals surface area (Å²) in [5.41, 5.74) is 1.51. The van der Waals surface area contributed by atoms with Gasteiger partial charge in [0.05, 0.1) is 4.90 Å². The van der Waals surface area contributed by atoms with Crippen molar-refractivity contribution in [3.8, 4) is 0 Å². The second-order valence-electron chi connectivity index (χ2n) is 5.41. The zero-order chi connectivity index (χ0) is 16.9. The summed E-state index contributed by atoms with van der Waals surface area (Å²) in [5.74, 6) is -0.226. The van der Waals surface area contributed by atoms with Gasteiger partial charge in [0, 0.05) is 32.7 Å². The third-order valence-corrected chi connectivity index (χ3v) is 5.57. The Morgan fingerprint density at radius 1 is 0.958 bits per heavy atom. The van der Waals surface area contributed by atoms with Gasteiger partial charge in [0.2, 0.25) is 0 Å². The molecule has 24 heavy (non-hydrogen) atoms. The molecule has 1 aliphatic heterocycles. The Morgan fingerprint density at radius 2 is 1.71 bits per heavy atom. The van der Waals surface area contributed by atoms with Crippen LogP contribution in [0.1, 0.15) is 10.4 Å². The molecule has 120 valence electrons. The average molecular weight is 359 g/mol. The van der Waals surface area contributed by atoms with Crippen LogP contribution in [0.4, 0.5) is 11.4 Å². The van der Waals surface area contributed by atoms with E-state index in [4.69, 9.17) is 11.6 Å². The molecule has 0 unspecified atom stereocenters. The van der Waals surface area contributed by atoms with Crippen LogP contribution in [0.3, 0.4) is 0 Å². The third-order valence-electron chi connectivity index (χ3n) is 3.88. The molecule has 0 radical (unpaired) electrons. The van der Waals surface area contributed by atoms with Crippen LogP contribution in [0.15, 0.2) is 59.5 Å². The zero-order valence-corrected chi connectivity index (χ0v) is 13.8. The van der Waals surface area contributed by atoms with Crippen LogP contribution in [0, 0.1) is 0 Å². The number of nitrogens with one attached hydrogen (secondary N) is 2. The number of rotatable bonds is 3. The summed E-state index contributed by atoms with van der Waals surface area (Å²) in [6.07, 6.45) is 0. The number of carbonyl (C=O) groups is 1. The number of carbonyl (C=O) groups excluding carboxylic acids is 1. The molecule has 7 heteroatoms. The summed E-state index contributed by atoms with van der Waals surface area (Å²) < 4.78 is 28.1. The molecule has 2 N–H and O–H groups in total. The molecule has 1 heterocycles. The van der Waals surface area contributed by atoms with Gasteiger partial charge in [-0.1, -0.05) is 23.7 Å². The molecule has 3 aromatic rings. The molecule has 0 saturated carbocycles. The van der Waals surface area contributed by atoms with Crippen molar-refractivity contribution >= 4 is 49.7 Å². The van der Waals surface area contributed by atoms with Gasteiger partial charge in [-0.05, 0) is 42.5 Å². The van der Waals surface area contributed by atoms with Crippen LogP contribution < -0.4 is 10.0 Å². The van der Waals surface area contributed by atoms with Crippen molar-refractivity contribution in [2.45, 2.75) is 4.90 Å². The van der Waals surface area contributed by atoms with E-state index in [1.165, 1.54) is 6.07 Å². The van der Waals surface area contributed by atoms with Gasteiger partial charge < -0.3 is 5.32 Å². The standard InChI is InChI=1S/C17H11ClN2O3S/c18-10-4-6-11(7-5-10)20-24(22,23)15-9-8-14-16-12(15)2-1-3-13(16)17(21)19-14/h1-9,20H,(H,19,21). The van der Waals surface area contributed by atoms with Crippen LogP contribution in [0.2, 0.25) is 5.02 Å². The fraction of sp³-hybridized carbons (Fsp3) is 0. The molecule has 3 aromatic carbocycles. The van der Waals surface area contributed by atoms with Crippen molar-refractivity contribution in [3.05, 3.63) is 65.2 Å². The minimum absolute atomic E-state index is 0.120. The van der Waals surface area contributed by atoms with E-state index in [1.807, 2.05) is 0 Å². The first-order valence-electron chi connectivity index (χ1n) is 7.11. The number of anilines is 2. The highest BCUT2D eigenvalue weighted by Gasteiger charge is 2.26. The highest BCUT2D eigenvalue weighted by atomic mass is 35.5. The molecular formula is C17H11ClN2O3S. The van der Waals surface area contributed by atoms with Crippen molar-refractivity contribution in [3.63, 3.8) is 0 Å². The fourth-order valence-electron chi connectivity index (χ4n) is 2.83. The maximum Gasteiger partial charge on any atom is 0.262 e. The maximum atomic E-state index is 12.8. The maximum absolute atomic E-state index is 12.8. The lowest BCUT2D eigenvalue weighted by atomic mass is 10.1. The van der Waals surface area contributed by atoms with Crippen LogP contribution in [0.25, 0.3) is 10.8 Å². The molecule has 0 bridgehead atoms. The van der Waals surface area contributed by atoms with Gasteiger partial charge in [0.15, 0.2) is 0 Å². The lowest BCUT2D eigenvalue weighted by molar-refractivity contribution is 0.103. The van der Waals surface area contributed by atoms with Gasteiger partial charge in [0.1, 0.15) is 0 Å². The Morgan fingerprint density at radius 3 is 2.46 bits per heavy atom. The monoisotopic (exact) mass is 358 g/mol. The number of hydrogen-bond acceptors (Lipinski definition) is 3. The molecule has 1 aliphatic rings.